The smallest absolute Gasteiger partial charge is 0.131 e. The lowest BCUT2D eigenvalue weighted by Crippen LogP contribution is -2.25. The van der Waals surface area contributed by atoms with E-state index in [0.717, 1.165) is 5.56 Å². The number of benzene rings is 1. The summed E-state index contributed by atoms with van der Waals surface area (Å²) < 4.78 is 19.2. The number of halogens is 1. The van der Waals surface area contributed by atoms with Crippen molar-refractivity contribution in [3.8, 4) is 5.75 Å². The molecule has 1 aliphatic heterocycles. The molecule has 0 amide bonds. The fraction of sp³-hybridized carbons (Fsp3) is 0.455. The van der Waals surface area contributed by atoms with Crippen LogP contribution in [0.4, 0.5) is 4.39 Å². The molecule has 1 aromatic carbocycles. The van der Waals surface area contributed by atoms with Gasteiger partial charge in [0.2, 0.25) is 0 Å². The van der Waals surface area contributed by atoms with Crippen LogP contribution in [0.15, 0.2) is 12.1 Å². The molecule has 3 heteroatoms. The molecule has 2 unspecified atom stereocenters. The topological polar surface area (TPSA) is 21.3 Å². The summed E-state index contributed by atoms with van der Waals surface area (Å²) in [6, 6.07) is 3.21. The molecule has 2 nitrogen and oxygen atoms in total. The summed E-state index contributed by atoms with van der Waals surface area (Å²) in [6.07, 6.45) is -0.00870. The highest BCUT2D eigenvalue weighted by atomic mass is 19.1. The van der Waals surface area contributed by atoms with Gasteiger partial charge < -0.3 is 10.1 Å². The molecule has 0 saturated heterocycles. The van der Waals surface area contributed by atoms with Crippen molar-refractivity contribution >= 4 is 0 Å². The van der Waals surface area contributed by atoms with Gasteiger partial charge in [-0.1, -0.05) is 6.07 Å². The van der Waals surface area contributed by atoms with E-state index in [-0.39, 0.29) is 18.0 Å². The normalized spacial score (nSPS) is 24.6. The molecule has 14 heavy (non-hydrogen) atoms. The lowest BCUT2D eigenvalue weighted by atomic mass is 10.0. The predicted octanol–water partition coefficient (Wildman–Crippen LogP) is 2.18. The van der Waals surface area contributed by atoms with Crippen molar-refractivity contribution in [2.45, 2.75) is 26.0 Å². The second-order valence-electron chi connectivity index (χ2n) is 3.70. The Morgan fingerprint density at radius 1 is 1.43 bits per heavy atom. The maximum Gasteiger partial charge on any atom is 0.131 e. The molecule has 0 radical (unpaired) electrons. The minimum absolute atomic E-state index is 0.00870. The average molecular weight is 195 g/mol. The van der Waals surface area contributed by atoms with Gasteiger partial charge in [0.25, 0.3) is 0 Å². The van der Waals surface area contributed by atoms with Crippen LogP contribution >= 0.6 is 0 Å². The van der Waals surface area contributed by atoms with Gasteiger partial charge >= 0.3 is 0 Å². The van der Waals surface area contributed by atoms with Crippen molar-refractivity contribution in [2.24, 2.45) is 0 Å². The zero-order chi connectivity index (χ0) is 10.3. The second kappa shape index (κ2) is 3.24. The van der Waals surface area contributed by atoms with E-state index in [1.54, 1.807) is 6.07 Å². The first-order valence-electron chi connectivity index (χ1n) is 4.78. The summed E-state index contributed by atoms with van der Waals surface area (Å²) in [4.78, 5) is 0. The largest absolute Gasteiger partial charge is 0.488 e. The van der Waals surface area contributed by atoms with E-state index in [4.69, 9.17) is 4.74 Å². The molecule has 0 aliphatic carbocycles. The number of nitrogens with one attached hydrogen (secondary N) is 1. The van der Waals surface area contributed by atoms with Crippen LogP contribution in [0.5, 0.6) is 5.75 Å². The number of hydrogen-bond donors (Lipinski definition) is 1. The van der Waals surface area contributed by atoms with Gasteiger partial charge in [0.05, 0.1) is 11.6 Å². The van der Waals surface area contributed by atoms with Gasteiger partial charge in [0, 0.05) is 0 Å². The maximum atomic E-state index is 13.6. The highest BCUT2D eigenvalue weighted by Gasteiger charge is 2.33. The fourth-order valence-corrected chi connectivity index (χ4v) is 2.00. The molecule has 0 aromatic heterocycles. The molecule has 1 aliphatic rings. The van der Waals surface area contributed by atoms with E-state index < -0.39 is 0 Å². The minimum atomic E-state index is -0.186. The zero-order valence-corrected chi connectivity index (χ0v) is 8.60. The predicted molar refractivity (Wildman–Crippen MR) is 53.0 cm³/mol. The Bertz CT molecular complexity index is 365. The lowest BCUT2D eigenvalue weighted by molar-refractivity contribution is 0.213. The van der Waals surface area contributed by atoms with Gasteiger partial charge in [-0.15, -0.1) is 0 Å². The van der Waals surface area contributed by atoms with E-state index in [1.807, 2.05) is 20.9 Å². The Morgan fingerprint density at radius 2 is 2.14 bits per heavy atom. The summed E-state index contributed by atoms with van der Waals surface area (Å²) >= 11 is 0. The third kappa shape index (κ3) is 1.20. The summed E-state index contributed by atoms with van der Waals surface area (Å²) in [5.41, 5.74) is 1.66. The number of hydrogen-bond acceptors (Lipinski definition) is 2. The standard InChI is InChI=1S/C11H14FNO/c1-6-4-5-8(12)9-10(13-3)7(2)14-11(6)9/h4-5,7,10,13H,1-3H3. The zero-order valence-electron chi connectivity index (χ0n) is 8.60. The van der Waals surface area contributed by atoms with Crippen LogP contribution in [0.1, 0.15) is 24.1 Å². The first kappa shape index (κ1) is 9.46. The summed E-state index contributed by atoms with van der Waals surface area (Å²) in [6.45, 7) is 3.88. The molecular weight excluding hydrogens is 181 g/mol. The van der Waals surface area contributed by atoms with Crippen LogP contribution < -0.4 is 10.1 Å². The van der Waals surface area contributed by atoms with E-state index in [0.29, 0.717) is 11.3 Å². The van der Waals surface area contributed by atoms with Gasteiger partial charge in [0.15, 0.2) is 0 Å². The average Bonchev–Trinajstić information content (AvgIpc) is 2.50. The van der Waals surface area contributed by atoms with Crippen LogP contribution in [0.25, 0.3) is 0 Å². The molecule has 1 heterocycles. The van der Waals surface area contributed by atoms with Crippen molar-refractivity contribution in [3.05, 3.63) is 29.1 Å². The Balaban J connectivity index is 2.57. The van der Waals surface area contributed by atoms with Crippen molar-refractivity contribution in [2.75, 3.05) is 7.05 Å². The SMILES string of the molecule is CNC1c2c(F)ccc(C)c2OC1C. The van der Waals surface area contributed by atoms with E-state index in [1.165, 1.54) is 6.07 Å². The number of ether oxygens (including phenoxy) is 1. The molecule has 0 fully saturated rings. The van der Waals surface area contributed by atoms with E-state index >= 15 is 0 Å². The molecule has 1 aromatic rings. The molecule has 0 saturated carbocycles. The Kier molecular flexibility index (Phi) is 2.19. The van der Waals surface area contributed by atoms with Crippen LogP contribution in [0.2, 0.25) is 0 Å². The molecule has 2 atom stereocenters. The number of fused-ring (bicyclic) bond motifs is 1. The fourth-order valence-electron chi connectivity index (χ4n) is 2.00. The van der Waals surface area contributed by atoms with Crippen molar-refractivity contribution in [3.63, 3.8) is 0 Å². The minimum Gasteiger partial charge on any atom is -0.488 e. The van der Waals surface area contributed by atoms with Gasteiger partial charge in [-0.2, -0.15) is 0 Å². The van der Waals surface area contributed by atoms with Crippen LogP contribution in [-0.2, 0) is 0 Å². The third-order valence-corrected chi connectivity index (χ3v) is 2.73. The Hall–Kier alpha value is -1.09. The number of likely N-dealkylation sites (N-methyl/N-ethyl adjacent to an activating group) is 1. The Labute approximate surface area is 83.1 Å². The second-order valence-corrected chi connectivity index (χ2v) is 3.70. The van der Waals surface area contributed by atoms with E-state index in [9.17, 15) is 4.39 Å². The van der Waals surface area contributed by atoms with Gasteiger partial charge in [-0.25, -0.2) is 4.39 Å². The maximum absolute atomic E-state index is 13.6. The van der Waals surface area contributed by atoms with Crippen molar-refractivity contribution in [1.29, 1.82) is 0 Å². The highest BCUT2D eigenvalue weighted by Crippen LogP contribution is 2.40. The number of aryl methyl sites for hydroxylation is 1. The van der Waals surface area contributed by atoms with Crippen molar-refractivity contribution < 1.29 is 9.13 Å². The van der Waals surface area contributed by atoms with Crippen LogP contribution in [0.3, 0.4) is 0 Å². The van der Waals surface area contributed by atoms with Gasteiger partial charge in [0.1, 0.15) is 17.7 Å². The van der Waals surface area contributed by atoms with Crippen LogP contribution in [0, 0.1) is 12.7 Å². The first-order valence-corrected chi connectivity index (χ1v) is 4.78. The first-order chi connectivity index (χ1) is 6.65. The molecular formula is C11H14FNO. The highest BCUT2D eigenvalue weighted by molar-refractivity contribution is 5.47. The lowest BCUT2D eigenvalue weighted by Gasteiger charge is -2.13. The third-order valence-electron chi connectivity index (χ3n) is 2.73. The summed E-state index contributed by atoms with van der Waals surface area (Å²) in [5.74, 6) is 0.520. The molecule has 2 rings (SSSR count). The molecule has 0 spiro atoms. The monoisotopic (exact) mass is 195 g/mol. The Morgan fingerprint density at radius 3 is 2.79 bits per heavy atom. The van der Waals surface area contributed by atoms with Crippen LogP contribution in [-0.4, -0.2) is 13.2 Å². The number of rotatable bonds is 1. The van der Waals surface area contributed by atoms with Gasteiger partial charge in [-0.05, 0) is 32.5 Å². The van der Waals surface area contributed by atoms with Crippen molar-refractivity contribution in [1.82, 2.24) is 5.32 Å². The quantitative estimate of drug-likeness (QED) is 0.741. The molecule has 76 valence electrons. The van der Waals surface area contributed by atoms with E-state index in [2.05, 4.69) is 5.32 Å². The summed E-state index contributed by atoms with van der Waals surface area (Å²) in [7, 11) is 1.82. The summed E-state index contributed by atoms with van der Waals surface area (Å²) in [5, 5.41) is 3.07. The van der Waals surface area contributed by atoms with Gasteiger partial charge in [-0.3, -0.25) is 0 Å². The molecule has 0 bridgehead atoms. The molecule has 1 N–H and O–H groups in total.